The van der Waals surface area contributed by atoms with E-state index in [4.69, 9.17) is 22.7 Å². The van der Waals surface area contributed by atoms with Gasteiger partial charge in [-0.2, -0.15) is 0 Å². The van der Waals surface area contributed by atoms with E-state index in [2.05, 4.69) is 13.8 Å². The summed E-state index contributed by atoms with van der Waals surface area (Å²) >= 11 is 5.05. The van der Waals surface area contributed by atoms with Crippen molar-refractivity contribution in [3.05, 3.63) is 29.8 Å². The van der Waals surface area contributed by atoms with Crippen LogP contribution in [-0.4, -0.2) is 11.1 Å². The van der Waals surface area contributed by atoms with E-state index in [0.717, 1.165) is 24.2 Å². The normalized spacial score (nSPS) is 19.4. The SMILES string of the molecule is CC1(C)CCC(Oc2ccccc2C(N)=S)CC1. The van der Waals surface area contributed by atoms with E-state index in [9.17, 15) is 0 Å². The molecular formula is C15H21NOS. The maximum Gasteiger partial charge on any atom is 0.129 e. The van der Waals surface area contributed by atoms with E-state index in [0.29, 0.717) is 16.5 Å². The highest BCUT2D eigenvalue weighted by Gasteiger charge is 2.28. The molecule has 2 rings (SSSR count). The number of hydrogen-bond donors (Lipinski definition) is 1. The Balaban J connectivity index is 2.04. The lowest BCUT2D eigenvalue weighted by Crippen LogP contribution is -2.29. The molecule has 1 aliphatic carbocycles. The topological polar surface area (TPSA) is 35.2 Å². The molecule has 3 heteroatoms. The largest absolute Gasteiger partial charge is 0.490 e. The van der Waals surface area contributed by atoms with Crippen molar-refractivity contribution in [1.29, 1.82) is 0 Å². The number of para-hydroxylation sites is 1. The summed E-state index contributed by atoms with van der Waals surface area (Å²) in [6.45, 7) is 4.65. The zero-order valence-electron chi connectivity index (χ0n) is 11.1. The Bertz CT molecular complexity index is 432. The average Bonchev–Trinajstić information content (AvgIpc) is 2.32. The minimum absolute atomic E-state index is 0.300. The van der Waals surface area contributed by atoms with Gasteiger partial charge in [-0.1, -0.05) is 38.2 Å². The van der Waals surface area contributed by atoms with Crippen LogP contribution in [0.25, 0.3) is 0 Å². The highest BCUT2D eigenvalue weighted by Crippen LogP contribution is 2.36. The molecule has 2 nitrogen and oxygen atoms in total. The highest BCUT2D eigenvalue weighted by atomic mass is 32.1. The third kappa shape index (κ3) is 3.22. The molecule has 98 valence electrons. The Morgan fingerprint density at radius 2 is 1.89 bits per heavy atom. The van der Waals surface area contributed by atoms with E-state index in [1.54, 1.807) is 0 Å². The molecule has 1 saturated carbocycles. The molecule has 0 spiro atoms. The van der Waals surface area contributed by atoms with Crippen LogP contribution in [0.15, 0.2) is 24.3 Å². The average molecular weight is 263 g/mol. The van der Waals surface area contributed by atoms with Gasteiger partial charge < -0.3 is 10.5 Å². The fourth-order valence-electron chi connectivity index (χ4n) is 2.44. The smallest absolute Gasteiger partial charge is 0.129 e. The molecule has 0 unspecified atom stereocenters. The predicted octanol–water partition coefficient (Wildman–Crippen LogP) is 3.67. The van der Waals surface area contributed by atoms with Crippen molar-refractivity contribution in [2.45, 2.75) is 45.6 Å². The summed E-state index contributed by atoms with van der Waals surface area (Å²) in [6, 6.07) is 7.77. The molecule has 2 N–H and O–H groups in total. The summed E-state index contributed by atoms with van der Waals surface area (Å²) in [4.78, 5) is 0.404. The molecule has 0 aromatic heterocycles. The zero-order chi connectivity index (χ0) is 13.2. The fourth-order valence-corrected chi connectivity index (χ4v) is 2.61. The van der Waals surface area contributed by atoms with Crippen molar-refractivity contribution < 1.29 is 4.74 Å². The summed E-state index contributed by atoms with van der Waals surface area (Å²) < 4.78 is 6.07. The van der Waals surface area contributed by atoms with Crippen molar-refractivity contribution >= 4 is 17.2 Å². The lowest BCUT2D eigenvalue weighted by Gasteiger charge is -2.34. The predicted molar refractivity (Wildman–Crippen MR) is 79.0 cm³/mol. The molecule has 0 amide bonds. The van der Waals surface area contributed by atoms with Gasteiger partial charge in [-0.3, -0.25) is 0 Å². The van der Waals surface area contributed by atoms with Gasteiger partial charge in [0.15, 0.2) is 0 Å². The number of hydrogen-bond acceptors (Lipinski definition) is 2. The van der Waals surface area contributed by atoms with Crippen molar-refractivity contribution in [2.24, 2.45) is 11.1 Å². The molecule has 0 heterocycles. The summed E-state index contributed by atoms with van der Waals surface area (Å²) in [5, 5.41) is 0. The van der Waals surface area contributed by atoms with Gasteiger partial charge in [0.05, 0.1) is 11.7 Å². The van der Waals surface area contributed by atoms with Crippen LogP contribution in [-0.2, 0) is 0 Å². The Hall–Kier alpha value is -1.09. The maximum atomic E-state index is 6.07. The van der Waals surface area contributed by atoms with Gasteiger partial charge >= 0.3 is 0 Å². The van der Waals surface area contributed by atoms with Gasteiger partial charge in [-0.05, 0) is 43.2 Å². The van der Waals surface area contributed by atoms with Crippen molar-refractivity contribution in [1.82, 2.24) is 0 Å². The lowest BCUT2D eigenvalue weighted by molar-refractivity contribution is 0.0986. The molecular weight excluding hydrogens is 242 g/mol. The Morgan fingerprint density at radius 1 is 1.28 bits per heavy atom. The van der Waals surface area contributed by atoms with Crippen molar-refractivity contribution in [3.8, 4) is 5.75 Å². The number of thiocarbonyl (C=S) groups is 1. The van der Waals surface area contributed by atoms with Crippen LogP contribution in [0, 0.1) is 5.41 Å². The number of benzene rings is 1. The molecule has 18 heavy (non-hydrogen) atoms. The van der Waals surface area contributed by atoms with E-state index < -0.39 is 0 Å². The number of ether oxygens (including phenoxy) is 1. The van der Waals surface area contributed by atoms with Crippen molar-refractivity contribution in [3.63, 3.8) is 0 Å². The highest BCUT2D eigenvalue weighted by molar-refractivity contribution is 7.80. The third-order valence-electron chi connectivity index (χ3n) is 3.73. The van der Waals surface area contributed by atoms with Gasteiger partial charge in [-0.15, -0.1) is 0 Å². The maximum absolute atomic E-state index is 6.07. The summed E-state index contributed by atoms with van der Waals surface area (Å²) in [5.74, 6) is 0.828. The van der Waals surface area contributed by atoms with E-state index in [-0.39, 0.29) is 0 Å². The van der Waals surface area contributed by atoms with Crippen LogP contribution < -0.4 is 10.5 Å². The standard InChI is InChI=1S/C15H21NOS/c1-15(2)9-7-11(8-10-15)17-13-6-4-3-5-12(13)14(16)18/h3-6,11H,7-10H2,1-2H3,(H2,16,18). The lowest BCUT2D eigenvalue weighted by atomic mass is 9.76. The number of nitrogens with two attached hydrogens (primary N) is 1. The first kappa shape index (κ1) is 13.3. The molecule has 0 atom stereocenters. The Kier molecular flexibility index (Phi) is 3.91. The van der Waals surface area contributed by atoms with Crippen LogP contribution in [0.3, 0.4) is 0 Å². The van der Waals surface area contributed by atoms with Gasteiger partial charge in [0.1, 0.15) is 10.7 Å². The molecule has 0 radical (unpaired) electrons. The van der Waals surface area contributed by atoms with E-state index >= 15 is 0 Å². The summed E-state index contributed by atoms with van der Waals surface area (Å²) in [5.41, 5.74) is 7.02. The molecule has 1 aromatic rings. The first-order valence-electron chi connectivity index (χ1n) is 6.53. The fraction of sp³-hybridized carbons (Fsp3) is 0.533. The number of rotatable bonds is 3. The first-order valence-corrected chi connectivity index (χ1v) is 6.94. The van der Waals surface area contributed by atoms with Crippen LogP contribution >= 0.6 is 12.2 Å². The second-order valence-corrected chi connectivity index (χ2v) is 6.28. The quantitative estimate of drug-likeness (QED) is 0.845. The molecule has 0 aliphatic heterocycles. The molecule has 1 aromatic carbocycles. The summed E-state index contributed by atoms with van der Waals surface area (Å²) in [7, 11) is 0. The Labute approximate surface area is 115 Å². The third-order valence-corrected chi connectivity index (χ3v) is 3.95. The molecule has 0 bridgehead atoms. The molecule has 0 saturated heterocycles. The second-order valence-electron chi connectivity index (χ2n) is 5.84. The van der Waals surface area contributed by atoms with Crippen molar-refractivity contribution in [2.75, 3.05) is 0 Å². The molecule has 1 fully saturated rings. The monoisotopic (exact) mass is 263 g/mol. The van der Waals surface area contributed by atoms with Gasteiger partial charge in [0.25, 0.3) is 0 Å². The summed E-state index contributed by atoms with van der Waals surface area (Å²) in [6.07, 6.45) is 4.95. The minimum atomic E-state index is 0.300. The van der Waals surface area contributed by atoms with Gasteiger partial charge in [-0.25, -0.2) is 0 Å². The van der Waals surface area contributed by atoms with E-state index in [1.165, 1.54) is 12.8 Å². The van der Waals surface area contributed by atoms with Crippen LogP contribution in [0.2, 0.25) is 0 Å². The van der Waals surface area contributed by atoms with E-state index in [1.807, 2.05) is 24.3 Å². The van der Waals surface area contributed by atoms with Gasteiger partial charge in [0.2, 0.25) is 0 Å². The van der Waals surface area contributed by atoms with Crippen LogP contribution in [0.1, 0.15) is 45.1 Å². The van der Waals surface area contributed by atoms with Crippen LogP contribution in [0.4, 0.5) is 0 Å². The Morgan fingerprint density at radius 3 is 2.50 bits per heavy atom. The van der Waals surface area contributed by atoms with Crippen LogP contribution in [0.5, 0.6) is 5.75 Å². The molecule has 1 aliphatic rings. The zero-order valence-corrected chi connectivity index (χ0v) is 11.9. The first-order chi connectivity index (χ1) is 8.48. The second kappa shape index (κ2) is 5.27. The van der Waals surface area contributed by atoms with Gasteiger partial charge in [0, 0.05) is 0 Å². The minimum Gasteiger partial charge on any atom is -0.490 e.